The van der Waals surface area contributed by atoms with Crippen molar-refractivity contribution in [3.8, 4) is 16.9 Å². The molecule has 0 radical (unpaired) electrons. The Morgan fingerprint density at radius 2 is 1.97 bits per heavy atom. The number of hydrogen-bond acceptors (Lipinski definition) is 5. The highest BCUT2D eigenvalue weighted by atomic mass is 16.5. The maximum absolute atomic E-state index is 13.0. The molecule has 6 rings (SSSR count). The van der Waals surface area contributed by atoms with Gasteiger partial charge in [0.05, 0.1) is 24.1 Å². The van der Waals surface area contributed by atoms with Crippen LogP contribution in [0.2, 0.25) is 0 Å². The molecule has 29 heavy (non-hydrogen) atoms. The average molecular weight is 385 g/mol. The molecule has 0 saturated carbocycles. The molecular weight excluding hydrogens is 366 g/mol. The van der Waals surface area contributed by atoms with Crippen LogP contribution < -0.4 is 15.0 Å². The Morgan fingerprint density at radius 3 is 2.76 bits per heavy atom. The van der Waals surface area contributed by atoms with E-state index in [-0.39, 0.29) is 17.9 Å². The number of carbonyl (C=O) groups excluding carboxylic acids is 2. The lowest BCUT2D eigenvalue weighted by atomic mass is 9.65. The van der Waals surface area contributed by atoms with E-state index in [2.05, 4.69) is 27.3 Å². The lowest BCUT2D eigenvalue weighted by molar-refractivity contribution is -0.128. The molecule has 3 unspecified atom stereocenters. The fourth-order valence-electron chi connectivity index (χ4n) is 5.49. The molecule has 0 bridgehead atoms. The number of hydrogen-bond donors (Lipinski definition) is 1. The van der Waals surface area contributed by atoms with Gasteiger partial charge in [0.2, 0.25) is 11.8 Å². The Morgan fingerprint density at radius 1 is 1.17 bits per heavy atom. The zero-order chi connectivity index (χ0) is 20.1. The number of pyridine rings is 1. The number of ether oxygens (including phenoxy) is 1. The molecule has 0 aliphatic carbocycles. The van der Waals surface area contributed by atoms with Crippen molar-refractivity contribution in [3.63, 3.8) is 0 Å². The van der Waals surface area contributed by atoms with E-state index in [9.17, 15) is 9.59 Å². The first-order chi connectivity index (χ1) is 14.0. The lowest BCUT2D eigenvalue weighted by Gasteiger charge is -2.50. The molecule has 3 aliphatic heterocycles. The molecule has 2 aromatic carbocycles. The summed E-state index contributed by atoms with van der Waals surface area (Å²) in [4.78, 5) is 32.7. The van der Waals surface area contributed by atoms with E-state index < -0.39 is 11.3 Å². The van der Waals surface area contributed by atoms with Crippen molar-refractivity contribution in [2.45, 2.75) is 25.8 Å². The third kappa shape index (κ3) is 1.71. The first-order valence-corrected chi connectivity index (χ1v) is 9.72. The number of methoxy groups -OCH3 is 1. The highest BCUT2D eigenvalue weighted by Crippen LogP contribution is 2.61. The summed E-state index contributed by atoms with van der Waals surface area (Å²) in [5, 5.41) is 3.55. The Bertz CT molecular complexity index is 1270. The first-order valence-electron chi connectivity index (χ1n) is 9.72. The second-order valence-corrected chi connectivity index (χ2v) is 8.20. The summed E-state index contributed by atoms with van der Waals surface area (Å²) in [5.74, 6) is -0.415. The fraction of sp³-hybridized carbons (Fsp3) is 0.261. The number of para-hydroxylation sites is 1. The number of fused-ring (bicyclic) bond motifs is 5. The quantitative estimate of drug-likeness (QED) is 0.649. The van der Waals surface area contributed by atoms with Crippen LogP contribution in [0.4, 0.5) is 11.4 Å². The highest BCUT2D eigenvalue weighted by Gasteiger charge is 2.61. The van der Waals surface area contributed by atoms with Gasteiger partial charge in [0, 0.05) is 28.9 Å². The number of aromatic nitrogens is 1. The molecule has 6 heteroatoms. The maximum atomic E-state index is 13.0. The predicted molar refractivity (Wildman–Crippen MR) is 109 cm³/mol. The minimum absolute atomic E-state index is 0.211. The molecule has 6 nitrogen and oxygen atoms in total. The molecule has 3 atom stereocenters. The molecule has 0 spiro atoms. The molecule has 1 N–H and O–H groups in total. The Kier molecular flexibility index (Phi) is 2.93. The molecule has 3 aliphatic rings. The van der Waals surface area contributed by atoms with Crippen molar-refractivity contribution >= 4 is 34.1 Å². The number of nitrogens with zero attached hydrogens (tertiary/aromatic N) is 2. The molecule has 2 amide bonds. The van der Waals surface area contributed by atoms with E-state index >= 15 is 0 Å². The van der Waals surface area contributed by atoms with Crippen molar-refractivity contribution in [2.75, 3.05) is 12.0 Å². The third-order valence-electron chi connectivity index (χ3n) is 7.05. The van der Waals surface area contributed by atoms with Crippen molar-refractivity contribution in [1.29, 1.82) is 0 Å². The van der Waals surface area contributed by atoms with E-state index in [0.717, 1.165) is 39.0 Å². The molecule has 1 fully saturated rings. The van der Waals surface area contributed by atoms with Gasteiger partial charge in [-0.15, -0.1) is 0 Å². The van der Waals surface area contributed by atoms with Crippen LogP contribution in [0.15, 0.2) is 42.6 Å². The van der Waals surface area contributed by atoms with Crippen LogP contribution in [0, 0.1) is 5.41 Å². The second-order valence-electron chi connectivity index (χ2n) is 8.20. The van der Waals surface area contributed by atoms with Crippen LogP contribution in [0.3, 0.4) is 0 Å². The first kappa shape index (κ1) is 16.5. The summed E-state index contributed by atoms with van der Waals surface area (Å²) >= 11 is 0. The maximum Gasteiger partial charge on any atom is 0.235 e. The molecular formula is C23H19N3O3. The lowest BCUT2D eigenvalue weighted by Crippen LogP contribution is -2.53. The molecule has 1 aromatic heterocycles. The van der Waals surface area contributed by atoms with E-state index in [1.54, 1.807) is 13.3 Å². The Labute approximate surface area is 167 Å². The third-order valence-corrected chi connectivity index (χ3v) is 7.05. The van der Waals surface area contributed by atoms with Crippen LogP contribution in [-0.2, 0) is 9.59 Å². The van der Waals surface area contributed by atoms with Crippen LogP contribution in [-0.4, -0.2) is 29.9 Å². The van der Waals surface area contributed by atoms with Gasteiger partial charge in [-0.1, -0.05) is 18.2 Å². The summed E-state index contributed by atoms with van der Waals surface area (Å²) in [6.45, 7) is 3.92. The van der Waals surface area contributed by atoms with Gasteiger partial charge in [-0.3, -0.25) is 19.9 Å². The minimum atomic E-state index is -0.879. The van der Waals surface area contributed by atoms with Gasteiger partial charge in [0.1, 0.15) is 11.3 Å². The van der Waals surface area contributed by atoms with Crippen molar-refractivity contribution in [2.24, 2.45) is 5.41 Å². The average Bonchev–Trinajstić information content (AvgIpc) is 2.97. The van der Waals surface area contributed by atoms with Gasteiger partial charge in [0.25, 0.3) is 0 Å². The zero-order valence-corrected chi connectivity index (χ0v) is 16.3. The van der Waals surface area contributed by atoms with E-state index in [0.29, 0.717) is 5.75 Å². The smallest absolute Gasteiger partial charge is 0.235 e. The number of rotatable bonds is 1. The number of imide groups is 1. The van der Waals surface area contributed by atoms with Gasteiger partial charge in [-0.25, -0.2) is 0 Å². The number of nitrogens with one attached hydrogen (secondary N) is 1. The summed E-state index contributed by atoms with van der Waals surface area (Å²) in [7, 11) is 1.61. The largest absolute Gasteiger partial charge is 0.494 e. The number of benzene rings is 2. The van der Waals surface area contributed by atoms with Crippen LogP contribution in [0.1, 0.15) is 25.3 Å². The van der Waals surface area contributed by atoms with Gasteiger partial charge < -0.3 is 9.64 Å². The summed E-state index contributed by atoms with van der Waals surface area (Å²) < 4.78 is 5.67. The van der Waals surface area contributed by atoms with Crippen LogP contribution in [0.5, 0.6) is 5.75 Å². The van der Waals surface area contributed by atoms with Gasteiger partial charge >= 0.3 is 0 Å². The van der Waals surface area contributed by atoms with Crippen molar-refractivity contribution < 1.29 is 14.3 Å². The Hall–Kier alpha value is -3.41. The van der Waals surface area contributed by atoms with E-state index in [1.165, 1.54) is 0 Å². The Balaban J connectivity index is 1.85. The normalized spacial score (nSPS) is 26.2. The predicted octanol–water partition coefficient (Wildman–Crippen LogP) is 3.51. The molecule has 4 heterocycles. The number of carbonyl (C=O) groups is 2. The van der Waals surface area contributed by atoms with Gasteiger partial charge in [-0.2, -0.15) is 0 Å². The monoisotopic (exact) mass is 385 g/mol. The topological polar surface area (TPSA) is 71.5 Å². The van der Waals surface area contributed by atoms with Crippen LogP contribution >= 0.6 is 0 Å². The second kappa shape index (κ2) is 5.14. The van der Waals surface area contributed by atoms with E-state index in [1.807, 2.05) is 38.1 Å². The van der Waals surface area contributed by atoms with Crippen molar-refractivity contribution in [3.05, 3.63) is 48.2 Å². The molecule has 1 saturated heterocycles. The van der Waals surface area contributed by atoms with E-state index in [4.69, 9.17) is 4.74 Å². The molecule has 144 valence electrons. The standard InChI is InChI=1S/C23H19N3O3/c1-11-23(2)18(21(27)25-22(23)28)14-10-16(29-3)19-17-13(8-9-24-19)12-6-4-5-7-15(12)26(11)20(14)17/h4-11,18H,1-3H3,(H,25,27,28). The summed E-state index contributed by atoms with van der Waals surface area (Å²) in [5.41, 5.74) is 4.87. The van der Waals surface area contributed by atoms with Crippen molar-refractivity contribution in [1.82, 2.24) is 10.3 Å². The number of anilines is 2. The zero-order valence-electron chi connectivity index (χ0n) is 16.3. The summed E-state index contributed by atoms with van der Waals surface area (Å²) in [6, 6.07) is 11.9. The minimum Gasteiger partial charge on any atom is -0.494 e. The fourth-order valence-corrected chi connectivity index (χ4v) is 5.49. The number of amides is 2. The summed E-state index contributed by atoms with van der Waals surface area (Å²) in [6.07, 6.45) is 1.79. The van der Waals surface area contributed by atoms with Gasteiger partial charge in [0.15, 0.2) is 0 Å². The van der Waals surface area contributed by atoms with Crippen LogP contribution in [0.25, 0.3) is 22.0 Å². The highest BCUT2D eigenvalue weighted by molar-refractivity contribution is 6.18. The SMILES string of the molecule is COc1cc2c3c4c(ccnc14)-c1ccccc1N3C(C)C1(C)C(=O)NC(=O)C21. The molecule has 3 aromatic rings. The van der Waals surface area contributed by atoms with Gasteiger partial charge in [-0.05, 0) is 43.2 Å².